The lowest BCUT2D eigenvalue weighted by molar-refractivity contribution is 0.0444. The van der Waals surface area contributed by atoms with Crippen molar-refractivity contribution in [1.29, 1.82) is 0 Å². The first-order valence-electron chi connectivity index (χ1n) is 6.45. The molecule has 0 bridgehead atoms. The molecule has 0 spiro atoms. The van der Waals surface area contributed by atoms with Crippen molar-refractivity contribution in [3.05, 3.63) is 28.2 Å². The molecule has 1 fully saturated rings. The van der Waals surface area contributed by atoms with E-state index in [1.165, 1.54) is 5.56 Å². The second kappa shape index (κ2) is 5.59. The normalized spacial score (nSPS) is 25.9. The van der Waals surface area contributed by atoms with Crippen molar-refractivity contribution in [2.75, 3.05) is 18.8 Å². The van der Waals surface area contributed by atoms with Gasteiger partial charge < -0.3 is 10.8 Å². The molecule has 3 N–H and O–H groups in total. The zero-order valence-electron chi connectivity index (χ0n) is 10.8. The zero-order chi connectivity index (χ0) is 13.2. The van der Waals surface area contributed by atoms with Crippen LogP contribution >= 0.6 is 15.9 Å². The number of nitrogen functional groups attached to an aromatic ring is 1. The fourth-order valence-corrected chi connectivity index (χ4v) is 2.93. The number of likely N-dealkylation sites (tertiary alicyclic amines) is 1. The van der Waals surface area contributed by atoms with Crippen LogP contribution in [0.3, 0.4) is 0 Å². The lowest BCUT2D eigenvalue weighted by Crippen LogP contribution is -2.28. The predicted molar refractivity (Wildman–Crippen MR) is 78.3 cm³/mol. The van der Waals surface area contributed by atoms with E-state index in [2.05, 4.69) is 26.9 Å². The first-order chi connectivity index (χ1) is 8.46. The van der Waals surface area contributed by atoms with E-state index in [4.69, 9.17) is 5.73 Å². The van der Waals surface area contributed by atoms with Gasteiger partial charge in [0.1, 0.15) is 0 Å². The zero-order valence-corrected chi connectivity index (χ0v) is 12.4. The Hall–Kier alpha value is -0.580. The summed E-state index contributed by atoms with van der Waals surface area (Å²) in [6.45, 7) is 4.85. The number of hydrogen-bond acceptors (Lipinski definition) is 3. The highest BCUT2D eigenvalue weighted by atomic mass is 79.9. The van der Waals surface area contributed by atoms with Gasteiger partial charge in [-0.05, 0) is 50.4 Å². The maximum Gasteiger partial charge on any atom is 0.0632 e. The van der Waals surface area contributed by atoms with Gasteiger partial charge in [-0.1, -0.05) is 22.0 Å². The molecule has 18 heavy (non-hydrogen) atoms. The van der Waals surface area contributed by atoms with Gasteiger partial charge in [-0.15, -0.1) is 0 Å². The summed E-state index contributed by atoms with van der Waals surface area (Å²) in [7, 11) is 0. The van der Waals surface area contributed by atoms with Gasteiger partial charge >= 0.3 is 0 Å². The number of anilines is 1. The number of benzene rings is 1. The average molecular weight is 313 g/mol. The molecule has 2 rings (SSSR count). The largest absolute Gasteiger partial charge is 0.399 e. The third kappa shape index (κ3) is 3.70. The van der Waals surface area contributed by atoms with Crippen LogP contribution in [0.5, 0.6) is 0 Å². The average Bonchev–Trinajstić information content (AvgIpc) is 2.44. The van der Waals surface area contributed by atoms with Crippen LogP contribution in [0, 0.1) is 0 Å². The molecule has 0 amide bonds. The molecular formula is C14H21BrN2O. The van der Waals surface area contributed by atoms with Gasteiger partial charge in [0.15, 0.2) is 0 Å². The van der Waals surface area contributed by atoms with Crippen molar-refractivity contribution < 1.29 is 5.11 Å². The number of nitrogens with two attached hydrogens (primary N) is 1. The predicted octanol–water partition coefficient (Wildman–Crippen LogP) is 2.77. The van der Waals surface area contributed by atoms with Gasteiger partial charge in [-0.25, -0.2) is 0 Å². The van der Waals surface area contributed by atoms with Crippen LogP contribution in [0.2, 0.25) is 0 Å². The summed E-state index contributed by atoms with van der Waals surface area (Å²) in [6, 6.07) is 5.96. The van der Waals surface area contributed by atoms with E-state index in [-0.39, 0.29) is 0 Å². The minimum absolute atomic E-state index is 0.493. The van der Waals surface area contributed by atoms with E-state index in [1.54, 1.807) is 0 Å². The van der Waals surface area contributed by atoms with Crippen molar-refractivity contribution >= 4 is 21.6 Å². The summed E-state index contributed by atoms with van der Waals surface area (Å²) in [4.78, 5) is 2.40. The molecule has 1 aliphatic rings. The number of hydrogen-bond donors (Lipinski definition) is 2. The molecule has 0 aliphatic carbocycles. The topological polar surface area (TPSA) is 49.5 Å². The van der Waals surface area contributed by atoms with Crippen molar-refractivity contribution in [3.63, 3.8) is 0 Å². The van der Waals surface area contributed by atoms with E-state index in [0.717, 1.165) is 49.1 Å². The molecule has 1 aromatic carbocycles. The summed E-state index contributed by atoms with van der Waals surface area (Å²) in [5, 5.41) is 10.1. The Kier molecular flexibility index (Phi) is 4.30. The second-order valence-electron chi connectivity index (χ2n) is 5.48. The Balaban J connectivity index is 2.01. The smallest absolute Gasteiger partial charge is 0.0632 e. The Labute approximate surface area is 117 Å². The fraction of sp³-hybridized carbons (Fsp3) is 0.571. The highest BCUT2D eigenvalue weighted by Crippen LogP contribution is 2.25. The first kappa shape index (κ1) is 13.8. The van der Waals surface area contributed by atoms with Crippen LogP contribution < -0.4 is 5.73 Å². The van der Waals surface area contributed by atoms with Crippen molar-refractivity contribution in [1.82, 2.24) is 4.90 Å². The summed E-state index contributed by atoms with van der Waals surface area (Å²) in [6.07, 6.45) is 2.80. The molecule has 4 heteroatoms. The molecule has 1 heterocycles. The number of halogens is 1. The van der Waals surface area contributed by atoms with Crippen LogP contribution in [-0.4, -0.2) is 28.7 Å². The van der Waals surface area contributed by atoms with Gasteiger partial charge in [0.05, 0.1) is 5.60 Å². The number of rotatable bonds is 2. The van der Waals surface area contributed by atoms with E-state index >= 15 is 0 Å². The maximum atomic E-state index is 10.1. The lowest BCUT2D eigenvalue weighted by atomic mass is 9.98. The monoisotopic (exact) mass is 312 g/mol. The van der Waals surface area contributed by atoms with Crippen LogP contribution in [0.15, 0.2) is 22.7 Å². The molecule has 0 radical (unpaired) electrons. The first-order valence-corrected chi connectivity index (χ1v) is 7.24. The van der Waals surface area contributed by atoms with Crippen LogP contribution in [-0.2, 0) is 6.54 Å². The van der Waals surface area contributed by atoms with Crippen LogP contribution in [0.25, 0.3) is 0 Å². The quantitative estimate of drug-likeness (QED) is 0.826. The van der Waals surface area contributed by atoms with Crippen LogP contribution in [0.1, 0.15) is 31.7 Å². The van der Waals surface area contributed by atoms with Gasteiger partial charge in [-0.2, -0.15) is 0 Å². The lowest BCUT2D eigenvalue weighted by Gasteiger charge is -2.22. The summed E-state index contributed by atoms with van der Waals surface area (Å²) < 4.78 is 1.07. The SMILES string of the molecule is CC1(O)CCCN(Cc2ccc(N)cc2Br)CC1. The minimum atomic E-state index is -0.493. The Morgan fingerprint density at radius 1 is 1.39 bits per heavy atom. The molecular weight excluding hydrogens is 292 g/mol. The van der Waals surface area contributed by atoms with E-state index in [9.17, 15) is 5.11 Å². The molecule has 0 saturated carbocycles. The Bertz CT molecular complexity index is 420. The molecule has 0 aromatic heterocycles. The molecule has 3 nitrogen and oxygen atoms in total. The maximum absolute atomic E-state index is 10.1. The second-order valence-corrected chi connectivity index (χ2v) is 6.33. The Morgan fingerprint density at radius 3 is 2.89 bits per heavy atom. The molecule has 1 saturated heterocycles. The minimum Gasteiger partial charge on any atom is -0.399 e. The number of aliphatic hydroxyl groups is 1. The summed E-state index contributed by atoms with van der Waals surface area (Å²) >= 11 is 3.56. The van der Waals surface area contributed by atoms with Crippen molar-refractivity contribution in [3.8, 4) is 0 Å². The van der Waals surface area contributed by atoms with Gasteiger partial charge in [0.25, 0.3) is 0 Å². The number of nitrogens with zero attached hydrogens (tertiary/aromatic N) is 1. The fourth-order valence-electron chi connectivity index (χ4n) is 2.41. The van der Waals surface area contributed by atoms with E-state index < -0.39 is 5.60 Å². The highest BCUT2D eigenvalue weighted by molar-refractivity contribution is 9.10. The Morgan fingerprint density at radius 2 is 2.17 bits per heavy atom. The van der Waals surface area contributed by atoms with Crippen molar-refractivity contribution in [2.45, 2.75) is 38.3 Å². The molecule has 1 aromatic rings. The van der Waals surface area contributed by atoms with Gasteiger partial charge in [0.2, 0.25) is 0 Å². The highest BCUT2D eigenvalue weighted by Gasteiger charge is 2.24. The van der Waals surface area contributed by atoms with E-state index in [0.29, 0.717) is 0 Å². The molecule has 1 unspecified atom stereocenters. The molecule has 1 atom stereocenters. The molecule has 1 aliphatic heterocycles. The third-order valence-electron chi connectivity index (χ3n) is 3.63. The summed E-state index contributed by atoms with van der Waals surface area (Å²) in [5.41, 5.74) is 7.29. The summed E-state index contributed by atoms with van der Waals surface area (Å²) in [5.74, 6) is 0. The standard InChI is InChI=1S/C14H21BrN2O/c1-14(18)5-2-7-17(8-6-14)10-11-3-4-12(16)9-13(11)15/h3-4,9,18H,2,5-8,10,16H2,1H3. The van der Waals surface area contributed by atoms with Crippen molar-refractivity contribution in [2.24, 2.45) is 0 Å². The van der Waals surface area contributed by atoms with Crippen LogP contribution in [0.4, 0.5) is 5.69 Å². The van der Waals surface area contributed by atoms with E-state index in [1.807, 2.05) is 19.1 Å². The molecule has 100 valence electrons. The third-order valence-corrected chi connectivity index (χ3v) is 4.37. The van der Waals surface area contributed by atoms with Gasteiger partial charge in [-0.3, -0.25) is 4.90 Å². The van der Waals surface area contributed by atoms with Gasteiger partial charge in [0, 0.05) is 23.2 Å².